The first kappa shape index (κ1) is 22.0. The van der Waals surface area contributed by atoms with E-state index in [0.29, 0.717) is 28.2 Å². The highest BCUT2D eigenvalue weighted by atomic mass is 16.5. The van der Waals surface area contributed by atoms with Crippen LogP contribution in [0.15, 0.2) is 61.1 Å². The molecular weight excluding hydrogens is 418 g/mol. The molecule has 1 amide bonds. The van der Waals surface area contributed by atoms with Crippen LogP contribution in [0, 0.1) is 13.8 Å². The van der Waals surface area contributed by atoms with Crippen LogP contribution in [0.2, 0.25) is 0 Å². The largest absolute Gasteiger partial charge is 0.480 e. The van der Waals surface area contributed by atoms with Crippen LogP contribution >= 0.6 is 0 Å². The van der Waals surface area contributed by atoms with Gasteiger partial charge in [0, 0.05) is 18.4 Å². The van der Waals surface area contributed by atoms with Crippen LogP contribution in [-0.2, 0) is 4.79 Å². The number of ether oxygens (including phenoxy) is 2. The Morgan fingerprint density at radius 3 is 2.58 bits per heavy atom. The van der Waals surface area contributed by atoms with E-state index in [1.807, 2.05) is 56.3 Å². The molecule has 0 aliphatic rings. The summed E-state index contributed by atoms with van der Waals surface area (Å²) in [5, 5.41) is 6.63. The van der Waals surface area contributed by atoms with Crippen molar-refractivity contribution in [3.63, 3.8) is 0 Å². The van der Waals surface area contributed by atoms with Gasteiger partial charge in [0.05, 0.1) is 17.1 Å². The van der Waals surface area contributed by atoms with Gasteiger partial charge in [-0.1, -0.05) is 6.07 Å². The maximum Gasteiger partial charge on any atom is 0.260 e. The molecule has 2 aromatic heterocycles. The van der Waals surface area contributed by atoms with Crippen molar-refractivity contribution in [1.82, 2.24) is 20.3 Å². The average Bonchev–Trinajstić information content (AvgIpc) is 2.82. The molecule has 168 valence electrons. The molecule has 0 spiro atoms. The van der Waals surface area contributed by atoms with Crippen molar-refractivity contribution in [2.75, 3.05) is 12.4 Å². The third-order valence-electron chi connectivity index (χ3n) is 5.09. The number of hydrogen-bond acceptors (Lipinski definition) is 7. The fourth-order valence-corrected chi connectivity index (χ4v) is 3.34. The smallest absolute Gasteiger partial charge is 0.260 e. The first-order chi connectivity index (χ1) is 15.9. The van der Waals surface area contributed by atoms with E-state index in [-0.39, 0.29) is 5.91 Å². The first-order valence-corrected chi connectivity index (χ1v) is 10.5. The summed E-state index contributed by atoms with van der Waals surface area (Å²) in [7, 11) is 1.58. The minimum Gasteiger partial charge on any atom is -0.480 e. The van der Waals surface area contributed by atoms with Crippen LogP contribution in [-0.4, -0.2) is 34.0 Å². The fraction of sp³-hybridized carbons (Fsp3) is 0.200. The molecule has 8 heteroatoms. The number of amides is 1. The van der Waals surface area contributed by atoms with Crippen LogP contribution in [0.1, 0.15) is 18.2 Å². The molecule has 2 aromatic carbocycles. The summed E-state index contributed by atoms with van der Waals surface area (Å²) in [6.45, 7) is 5.60. The second kappa shape index (κ2) is 9.52. The summed E-state index contributed by atoms with van der Waals surface area (Å²) in [5.41, 5.74) is 3.42. The number of carbonyl (C=O) groups is 1. The zero-order chi connectivity index (χ0) is 23.4. The quantitative estimate of drug-likeness (QED) is 0.427. The van der Waals surface area contributed by atoms with E-state index in [1.54, 1.807) is 26.2 Å². The van der Waals surface area contributed by atoms with E-state index >= 15 is 0 Å². The molecule has 33 heavy (non-hydrogen) atoms. The number of anilines is 2. The molecule has 4 rings (SSSR count). The third-order valence-corrected chi connectivity index (χ3v) is 5.09. The molecule has 8 nitrogen and oxygen atoms in total. The van der Waals surface area contributed by atoms with Crippen LogP contribution in [0.25, 0.3) is 10.9 Å². The number of nitrogens with zero attached hydrogens (tertiary/aromatic N) is 3. The van der Waals surface area contributed by atoms with E-state index in [0.717, 1.165) is 22.7 Å². The molecular formula is C25H25N5O3. The lowest BCUT2D eigenvalue weighted by Gasteiger charge is -2.17. The third kappa shape index (κ3) is 5.01. The molecule has 0 aliphatic carbocycles. The maximum atomic E-state index is 11.9. The van der Waals surface area contributed by atoms with Gasteiger partial charge in [0.25, 0.3) is 5.91 Å². The van der Waals surface area contributed by atoms with Gasteiger partial charge in [0.2, 0.25) is 0 Å². The number of aromatic nitrogens is 3. The van der Waals surface area contributed by atoms with Crippen molar-refractivity contribution in [3.8, 4) is 17.2 Å². The number of hydrogen-bond donors (Lipinski definition) is 2. The second-order valence-electron chi connectivity index (χ2n) is 7.59. The van der Waals surface area contributed by atoms with E-state index in [1.165, 1.54) is 6.33 Å². The number of rotatable bonds is 7. The number of carbonyl (C=O) groups excluding carboxylic acids is 1. The Balaban J connectivity index is 1.61. The second-order valence-corrected chi connectivity index (χ2v) is 7.59. The fourth-order valence-electron chi connectivity index (χ4n) is 3.34. The molecule has 2 heterocycles. The first-order valence-electron chi connectivity index (χ1n) is 10.5. The van der Waals surface area contributed by atoms with Gasteiger partial charge >= 0.3 is 0 Å². The normalized spacial score (nSPS) is 11.6. The molecule has 0 saturated carbocycles. The lowest BCUT2D eigenvalue weighted by atomic mass is 10.1. The van der Waals surface area contributed by atoms with E-state index in [2.05, 4.69) is 25.6 Å². The minimum absolute atomic E-state index is 0.214. The highest BCUT2D eigenvalue weighted by Gasteiger charge is 2.17. The zero-order valence-electron chi connectivity index (χ0n) is 18.9. The van der Waals surface area contributed by atoms with E-state index in [4.69, 9.17) is 9.47 Å². The Morgan fingerprint density at radius 1 is 1.00 bits per heavy atom. The van der Waals surface area contributed by atoms with Gasteiger partial charge in [-0.25, -0.2) is 9.97 Å². The molecule has 0 radical (unpaired) electrons. The lowest BCUT2D eigenvalue weighted by molar-refractivity contribution is -0.126. The van der Waals surface area contributed by atoms with Gasteiger partial charge in [-0.05, 0) is 68.8 Å². The SMILES string of the molecule is CNC(=O)[C@H](C)Oc1cccc2ncnc(Nc3ccc(Oc4ccc(C)nc4)c(C)c3)c12. The molecule has 4 aromatic rings. The molecule has 0 bridgehead atoms. The molecule has 0 fully saturated rings. The van der Waals surface area contributed by atoms with Crippen molar-refractivity contribution in [2.24, 2.45) is 0 Å². The predicted octanol–water partition coefficient (Wildman–Crippen LogP) is 4.69. The van der Waals surface area contributed by atoms with Gasteiger partial charge in [0.1, 0.15) is 29.4 Å². The van der Waals surface area contributed by atoms with Crippen LogP contribution < -0.4 is 20.1 Å². The monoisotopic (exact) mass is 443 g/mol. The van der Waals surface area contributed by atoms with Gasteiger partial charge in [-0.2, -0.15) is 0 Å². The highest BCUT2D eigenvalue weighted by molar-refractivity contribution is 5.96. The minimum atomic E-state index is -0.663. The van der Waals surface area contributed by atoms with Gasteiger partial charge in [-0.3, -0.25) is 9.78 Å². The molecule has 2 N–H and O–H groups in total. The van der Waals surface area contributed by atoms with E-state index < -0.39 is 6.10 Å². The highest BCUT2D eigenvalue weighted by Crippen LogP contribution is 2.33. The molecule has 0 unspecified atom stereocenters. The average molecular weight is 444 g/mol. The Kier molecular flexibility index (Phi) is 6.35. The van der Waals surface area contributed by atoms with Crippen molar-refractivity contribution >= 4 is 28.3 Å². The maximum absolute atomic E-state index is 11.9. The number of likely N-dealkylation sites (N-methyl/N-ethyl adjacent to an activating group) is 1. The standard InChI is InChI=1S/C25H25N5O3/c1-15-12-18(9-11-21(15)33-19-10-8-16(2)27-13-19)30-24-23-20(28-14-29-24)6-5-7-22(23)32-17(3)25(31)26-4/h5-14,17H,1-4H3,(H,26,31)(H,28,29,30)/t17-/m0/s1. The summed E-state index contributed by atoms with van der Waals surface area (Å²) >= 11 is 0. The number of fused-ring (bicyclic) bond motifs is 1. The Morgan fingerprint density at radius 2 is 1.85 bits per heavy atom. The van der Waals surface area contributed by atoms with Crippen molar-refractivity contribution in [2.45, 2.75) is 26.9 Å². The Hall–Kier alpha value is -4.20. The summed E-state index contributed by atoms with van der Waals surface area (Å²) in [4.78, 5) is 25.0. The zero-order valence-corrected chi connectivity index (χ0v) is 18.9. The van der Waals surface area contributed by atoms with Crippen molar-refractivity contribution in [3.05, 3.63) is 72.3 Å². The van der Waals surface area contributed by atoms with Gasteiger partial charge in [0.15, 0.2) is 6.10 Å². The van der Waals surface area contributed by atoms with Crippen LogP contribution in [0.3, 0.4) is 0 Å². The number of nitrogens with one attached hydrogen (secondary N) is 2. The van der Waals surface area contributed by atoms with Crippen LogP contribution in [0.5, 0.6) is 17.2 Å². The summed E-state index contributed by atoms with van der Waals surface area (Å²) in [6.07, 6.45) is 2.53. The Labute approximate surface area is 192 Å². The Bertz CT molecular complexity index is 1290. The molecule has 0 aliphatic heterocycles. The summed E-state index contributed by atoms with van der Waals surface area (Å²) < 4.78 is 11.9. The van der Waals surface area contributed by atoms with Crippen molar-refractivity contribution < 1.29 is 14.3 Å². The molecule has 0 saturated heterocycles. The predicted molar refractivity (Wildman–Crippen MR) is 127 cm³/mol. The van der Waals surface area contributed by atoms with Gasteiger partial charge < -0.3 is 20.1 Å². The van der Waals surface area contributed by atoms with E-state index in [9.17, 15) is 4.79 Å². The lowest BCUT2D eigenvalue weighted by Crippen LogP contribution is -2.33. The summed E-state index contributed by atoms with van der Waals surface area (Å²) in [6, 6.07) is 15.1. The summed E-state index contributed by atoms with van der Waals surface area (Å²) in [5.74, 6) is 2.31. The topological polar surface area (TPSA) is 98.3 Å². The number of aryl methyl sites for hydroxylation is 2. The number of pyridine rings is 1. The van der Waals surface area contributed by atoms with Crippen molar-refractivity contribution in [1.29, 1.82) is 0 Å². The number of benzene rings is 2. The molecule has 1 atom stereocenters. The van der Waals surface area contributed by atoms with Crippen LogP contribution in [0.4, 0.5) is 11.5 Å². The van der Waals surface area contributed by atoms with Gasteiger partial charge in [-0.15, -0.1) is 0 Å².